The van der Waals surface area contributed by atoms with Crippen molar-refractivity contribution in [3.8, 4) is 5.75 Å². The Labute approximate surface area is 118 Å². The Hall–Kier alpha value is -1.31. The molecule has 1 aromatic carbocycles. The highest BCUT2D eigenvalue weighted by molar-refractivity contribution is 14.1. The molecule has 1 aliphatic heterocycles. The minimum atomic E-state index is -0.479. The van der Waals surface area contributed by atoms with Crippen LogP contribution in [0.3, 0.4) is 0 Å². The van der Waals surface area contributed by atoms with Gasteiger partial charge in [-0.25, -0.2) is 0 Å². The minimum absolute atomic E-state index is 0.0792. The van der Waals surface area contributed by atoms with Gasteiger partial charge in [-0.3, -0.25) is 9.59 Å². The number of nitrogens with zero attached hydrogens (tertiary/aromatic N) is 1. The second kappa shape index (κ2) is 5.13. The molecule has 0 bridgehead atoms. The van der Waals surface area contributed by atoms with Crippen LogP contribution in [0.2, 0.25) is 0 Å². The second-order valence-electron chi connectivity index (χ2n) is 4.13. The normalized spacial score (nSPS) is 19.6. The lowest BCUT2D eigenvalue weighted by Crippen LogP contribution is -2.55. The summed E-state index contributed by atoms with van der Waals surface area (Å²) < 4.78 is 0.689. The van der Waals surface area contributed by atoms with Gasteiger partial charge in [-0.15, -0.1) is 0 Å². The van der Waals surface area contributed by atoms with E-state index in [0.717, 1.165) is 0 Å². The number of carbonyl (C=O) groups excluding carboxylic acids is 2. The lowest BCUT2D eigenvalue weighted by Gasteiger charge is -2.32. The molecule has 0 spiro atoms. The average Bonchev–Trinajstić information content (AvgIpc) is 2.35. The Morgan fingerprint density at radius 2 is 2.28 bits per heavy atom. The molecule has 1 fully saturated rings. The predicted octanol–water partition coefficient (Wildman–Crippen LogP) is 0.957. The van der Waals surface area contributed by atoms with Gasteiger partial charge in [-0.1, -0.05) is 0 Å². The van der Waals surface area contributed by atoms with Crippen LogP contribution in [-0.2, 0) is 4.79 Å². The number of rotatable bonds is 1. The number of piperazine rings is 1. The molecule has 1 saturated heterocycles. The summed E-state index contributed by atoms with van der Waals surface area (Å²) in [4.78, 5) is 25.3. The number of amides is 2. The summed E-state index contributed by atoms with van der Waals surface area (Å²) in [6, 6.07) is 4.29. The van der Waals surface area contributed by atoms with Gasteiger partial charge in [0.05, 0.1) is 3.57 Å². The molecular weight excluding hydrogens is 347 g/mol. The van der Waals surface area contributed by atoms with E-state index in [2.05, 4.69) is 5.32 Å². The van der Waals surface area contributed by atoms with Crippen molar-refractivity contribution in [1.82, 2.24) is 10.2 Å². The fraction of sp³-hybridized carbons (Fsp3) is 0.333. The van der Waals surface area contributed by atoms with Crippen LogP contribution < -0.4 is 5.32 Å². The molecule has 2 amide bonds. The molecule has 1 aromatic rings. The number of benzene rings is 1. The average molecular weight is 360 g/mol. The van der Waals surface area contributed by atoms with Gasteiger partial charge in [0.25, 0.3) is 5.91 Å². The van der Waals surface area contributed by atoms with Gasteiger partial charge >= 0.3 is 0 Å². The fourth-order valence-corrected chi connectivity index (χ4v) is 2.21. The smallest absolute Gasteiger partial charge is 0.254 e. The van der Waals surface area contributed by atoms with Gasteiger partial charge < -0.3 is 15.3 Å². The Balaban J connectivity index is 2.25. The number of hydrogen-bond acceptors (Lipinski definition) is 3. The van der Waals surface area contributed by atoms with E-state index >= 15 is 0 Å². The number of halogens is 1. The molecule has 2 rings (SSSR count). The number of nitrogens with one attached hydrogen (secondary N) is 1. The summed E-state index contributed by atoms with van der Waals surface area (Å²) in [7, 11) is 0. The minimum Gasteiger partial charge on any atom is -0.507 e. The molecule has 1 heterocycles. The molecule has 2 N–H and O–H groups in total. The molecule has 18 heavy (non-hydrogen) atoms. The monoisotopic (exact) mass is 360 g/mol. The Kier molecular flexibility index (Phi) is 3.74. The standard InChI is InChI=1S/C12H13IN2O3/c1-7-11(17)14-4-5-15(7)12(18)8-2-3-9(13)10(16)6-8/h2-3,6-7,16H,4-5H2,1H3,(H,14,17). The third kappa shape index (κ3) is 2.43. The maximum Gasteiger partial charge on any atom is 0.254 e. The molecule has 0 saturated carbocycles. The second-order valence-corrected chi connectivity index (χ2v) is 5.29. The van der Waals surface area contributed by atoms with Crippen molar-refractivity contribution >= 4 is 34.4 Å². The summed E-state index contributed by atoms with van der Waals surface area (Å²) in [6.07, 6.45) is 0. The van der Waals surface area contributed by atoms with E-state index in [1.807, 2.05) is 22.6 Å². The van der Waals surface area contributed by atoms with E-state index in [9.17, 15) is 14.7 Å². The van der Waals surface area contributed by atoms with E-state index < -0.39 is 6.04 Å². The molecular formula is C12H13IN2O3. The van der Waals surface area contributed by atoms with E-state index in [4.69, 9.17) is 0 Å². The van der Waals surface area contributed by atoms with Gasteiger partial charge in [0.15, 0.2) is 0 Å². The molecule has 0 aromatic heterocycles. The lowest BCUT2D eigenvalue weighted by atomic mass is 10.1. The topological polar surface area (TPSA) is 69.6 Å². The van der Waals surface area contributed by atoms with Gasteiger partial charge in [0, 0.05) is 18.7 Å². The lowest BCUT2D eigenvalue weighted by molar-refractivity contribution is -0.127. The first-order valence-corrected chi connectivity index (χ1v) is 6.66. The highest BCUT2D eigenvalue weighted by Gasteiger charge is 2.29. The first-order chi connectivity index (χ1) is 8.50. The molecule has 1 atom stereocenters. The molecule has 0 aliphatic carbocycles. The maximum atomic E-state index is 12.3. The van der Waals surface area contributed by atoms with Gasteiger partial charge in [0.1, 0.15) is 11.8 Å². The summed E-state index contributed by atoms with van der Waals surface area (Å²) in [5.74, 6) is -0.302. The first-order valence-electron chi connectivity index (χ1n) is 5.58. The first kappa shape index (κ1) is 13.1. The number of hydrogen-bond donors (Lipinski definition) is 2. The van der Waals surface area contributed by atoms with Crippen molar-refractivity contribution in [2.24, 2.45) is 0 Å². The summed E-state index contributed by atoms with van der Waals surface area (Å²) in [5.41, 5.74) is 0.398. The van der Waals surface area contributed by atoms with Gasteiger partial charge in [0.2, 0.25) is 5.91 Å². The molecule has 0 radical (unpaired) electrons. The number of phenols is 1. The molecule has 5 nitrogen and oxygen atoms in total. The number of phenolic OH excluding ortho intramolecular Hbond substituents is 1. The quantitative estimate of drug-likeness (QED) is 0.733. The van der Waals surface area contributed by atoms with E-state index in [1.165, 1.54) is 11.0 Å². The van der Waals surface area contributed by atoms with Gasteiger partial charge in [-0.2, -0.15) is 0 Å². The molecule has 6 heteroatoms. The molecule has 96 valence electrons. The van der Waals surface area contributed by atoms with Crippen LogP contribution in [0, 0.1) is 3.57 Å². The van der Waals surface area contributed by atoms with Crippen LogP contribution in [0.5, 0.6) is 5.75 Å². The largest absolute Gasteiger partial charge is 0.507 e. The Morgan fingerprint density at radius 1 is 1.56 bits per heavy atom. The van der Waals surface area contributed by atoms with Crippen molar-refractivity contribution in [3.63, 3.8) is 0 Å². The van der Waals surface area contributed by atoms with Crippen molar-refractivity contribution < 1.29 is 14.7 Å². The zero-order chi connectivity index (χ0) is 13.3. The third-order valence-electron chi connectivity index (χ3n) is 2.95. The van der Waals surface area contributed by atoms with Crippen molar-refractivity contribution in [2.75, 3.05) is 13.1 Å². The highest BCUT2D eigenvalue weighted by atomic mass is 127. The Bertz CT molecular complexity index is 504. The summed E-state index contributed by atoms with van der Waals surface area (Å²) >= 11 is 1.99. The van der Waals surface area contributed by atoms with Crippen molar-refractivity contribution in [2.45, 2.75) is 13.0 Å². The van der Waals surface area contributed by atoms with Gasteiger partial charge in [-0.05, 0) is 47.7 Å². The van der Waals surface area contributed by atoms with Crippen LogP contribution in [0.15, 0.2) is 18.2 Å². The van der Waals surface area contributed by atoms with Crippen LogP contribution in [-0.4, -0.2) is 41.0 Å². The van der Waals surface area contributed by atoms with E-state index in [1.54, 1.807) is 19.1 Å². The molecule has 1 unspecified atom stereocenters. The van der Waals surface area contributed by atoms with E-state index in [0.29, 0.717) is 22.2 Å². The highest BCUT2D eigenvalue weighted by Crippen LogP contribution is 2.22. The third-order valence-corrected chi connectivity index (χ3v) is 3.87. The zero-order valence-electron chi connectivity index (χ0n) is 9.81. The fourth-order valence-electron chi connectivity index (χ4n) is 1.87. The molecule has 1 aliphatic rings. The summed E-state index contributed by atoms with van der Waals surface area (Å²) in [5, 5.41) is 12.3. The Morgan fingerprint density at radius 3 is 2.94 bits per heavy atom. The van der Waals surface area contributed by atoms with Crippen molar-refractivity contribution in [3.05, 3.63) is 27.3 Å². The SMILES string of the molecule is CC1C(=O)NCCN1C(=O)c1ccc(I)c(O)c1. The predicted molar refractivity (Wildman–Crippen MR) is 74.3 cm³/mol. The maximum absolute atomic E-state index is 12.3. The van der Waals surface area contributed by atoms with Crippen LogP contribution in [0.1, 0.15) is 17.3 Å². The number of carbonyl (C=O) groups is 2. The zero-order valence-corrected chi connectivity index (χ0v) is 12.0. The van der Waals surface area contributed by atoms with Crippen LogP contribution >= 0.6 is 22.6 Å². The van der Waals surface area contributed by atoms with E-state index in [-0.39, 0.29) is 17.6 Å². The van der Waals surface area contributed by atoms with Crippen LogP contribution in [0.25, 0.3) is 0 Å². The summed E-state index contributed by atoms with van der Waals surface area (Å²) in [6.45, 7) is 2.64. The van der Waals surface area contributed by atoms with Crippen LogP contribution in [0.4, 0.5) is 0 Å². The van der Waals surface area contributed by atoms with Crippen molar-refractivity contribution in [1.29, 1.82) is 0 Å². The number of aromatic hydroxyl groups is 1.